The van der Waals surface area contributed by atoms with E-state index in [0.29, 0.717) is 40.3 Å². The van der Waals surface area contributed by atoms with E-state index in [1.54, 1.807) is 23.6 Å². The third kappa shape index (κ3) is 3.85. The Hall–Kier alpha value is -3.78. The lowest BCUT2D eigenvalue weighted by Gasteiger charge is -2.09. The number of hydrogen-bond acceptors (Lipinski definition) is 6. The van der Waals surface area contributed by atoms with E-state index in [-0.39, 0.29) is 5.91 Å². The second-order valence-corrected chi connectivity index (χ2v) is 8.56. The minimum atomic E-state index is -0.232. The lowest BCUT2D eigenvalue weighted by Crippen LogP contribution is -2.13. The first kappa shape index (κ1) is 19.2. The van der Waals surface area contributed by atoms with Crippen molar-refractivity contribution < 1.29 is 9.32 Å². The van der Waals surface area contributed by atoms with Gasteiger partial charge < -0.3 is 9.84 Å². The van der Waals surface area contributed by atoms with Gasteiger partial charge in [0.2, 0.25) is 0 Å². The van der Waals surface area contributed by atoms with E-state index in [1.807, 2.05) is 67.2 Å². The molecule has 4 aromatic heterocycles. The number of carbonyl (C=O) groups excluding carboxylic acids is 1. The largest absolute Gasteiger partial charge is 0.335 e. The van der Waals surface area contributed by atoms with Gasteiger partial charge in [-0.25, -0.2) is 4.98 Å². The lowest BCUT2D eigenvalue weighted by molar-refractivity contribution is 0.102. The average molecular weight is 430 g/mol. The molecule has 1 N–H and O–H groups in total. The molecule has 1 aromatic carbocycles. The van der Waals surface area contributed by atoms with Crippen molar-refractivity contribution in [3.8, 4) is 10.6 Å². The molecule has 8 heteroatoms. The number of aromatic nitrogens is 4. The summed E-state index contributed by atoms with van der Waals surface area (Å²) in [5, 5.41) is 11.9. The highest BCUT2D eigenvalue weighted by Gasteiger charge is 2.20. The van der Waals surface area contributed by atoms with Crippen LogP contribution in [0, 0.1) is 13.8 Å². The first-order chi connectivity index (χ1) is 15.1. The molecule has 0 unspecified atom stereocenters. The summed E-state index contributed by atoms with van der Waals surface area (Å²) < 4.78 is 7.23. The van der Waals surface area contributed by atoms with Crippen LogP contribution in [-0.4, -0.2) is 25.8 Å². The number of pyridine rings is 1. The van der Waals surface area contributed by atoms with E-state index in [9.17, 15) is 4.79 Å². The molecule has 0 fully saturated rings. The van der Waals surface area contributed by atoms with Crippen LogP contribution in [0.2, 0.25) is 0 Å². The molecule has 0 radical (unpaired) electrons. The minimum Gasteiger partial charge on any atom is -0.335 e. The smallest absolute Gasteiger partial charge is 0.259 e. The molecule has 154 valence electrons. The Labute approximate surface area is 182 Å². The van der Waals surface area contributed by atoms with Crippen LogP contribution in [-0.2, 0) is 6.54 Å². The summed E-state index contributed by atoms with van der Waals surface area (Å²) >= 11 is 1.62. The van der Waals surface area contributed by atoms with Gasteiger partial charge in [0.05, 0.1) is 33.8 Å². The third-order valence-corrected chi connectivity index (χ3v) is 5.97. The number of benzene rings is 1. The Balaban J connectivity index is 1.49. The molecule has 0 saturated heterocycles. The third-order valence-electron chi connectivity index (χ3n) is 4.94. The van der Waals surface area contributed by atoms with Gasteiger partial charge in [0.1, 0.15) is 0 Å². The zero-order valence-electron chi connectivity index (χ0n) is 17.0. The van der Waals surface area contributed by atoms with Gasteiger partial charge in [-0.1, -0.05) is 17.3 Å². The molecule has 1 amide bonds. The number of thiophene rings is 1. The fourth-order valence-electron chi connectivity index (χ4n) is 3.50. The quantitative estimate of drug-likeness (QED) is 0.422. The van der Waals surface area contributed by atoms with Crippen molar-refractivity contribution in [2.75, 3.05) is 5.32 Å². The van der Waals surface area contributed by atoms with Gasteiger partial charge in [-0.3, -0.25) is 9.48 Å². The molecule has 0 aliphatic heterocycles. The van der Waals surface area contributed by atoms with Gasteiger partial charge in [0.15, 0.2) is 0 Å². The fourth-order valence-corrected chi connectivity index (χ4v) is 4.33. The molecule has 0 spiro atoms. The van der Waals surface area contributed by atoms with Crippen LogP contribution < -0.4 is 5.32 Å². The highest BCUT2D eigenvalue weighted by atomic mass is 32.1. The Kier molecular flexibility index (Phi) is 4.83. The number of aryl methyl sites for hydroxylation is 2. The summed E-state index contributed by atoms with van der Waals surface area (Å²) in [7, 11) is 0. The zero-order chi connectivity index (χ0) is 21.4. The van der Waals surface area contributed by atoms with Crippen molar-refractivity contribution in [3.63, 3.8) is 0 Å². The minimum absolute atomic E-state index is 0.232. The van der Waals surface area contributed by atoms with Gasteiger partial charge in [-0.05, 0) is 55.8 Å². The monoisotopic (exact) mass is 429 g/mol. The summed E-state index contributed by atoms with van der Waals surface area (Å²) in [6, 6.07) is 15.5. The molecule has 31 heavy (non-hydrogen) atoms. The molecule has 0 aliphatic rings. The van der Waals surface area contributed by atoms with E-state index in [2.05, 4.69) is 20.6 Å². The van der Waals surface area contributed by atoms with E-state index in [1.165, 1.54) is 4.88 Å². The van der Waals surface area contributed by atoms with Crippen molar-refractivity contribution in [1.29, 1.82) is 0 Å². The molecule has 4 heterocycles. The molecule has 7 nitrogen and oxygen atoms in total. The summed E-state index contributed by atoms with van der Waals surface area (Å²) in [4.78, 5) is 20.0. The fraction of sp³-hybridized carbons (Fsp3) is 0.130. The van der Waals surface area contributed by atoms with Gasteiger partial charge in [-0.15, -0.1) is 11.3 Å². The van der Waals surface area contributed by atoms with E-state index in [0.717, 1.165) is 10.4 Å². The topological polar surface area (TPSA) is 85.8 Å². The number of rotatable bonds is 5. The van der Waals surface area contributed by atoms with Crippen LogP contribution in [0.1, 0.15) is 26.5 Å². The van der Waals surface area contributed by atoms with Crippen LogP contribution in [0.15, 0.2) is 65.4 Å². The Bertz CT molecular complexity index is 1380. The molecule has 5 aromatic rings. The predicted molar refractivity (Wildman–Crippen MR) is 120 cm³/mol. The van der Waals surface area contributed by atoms with Crippen LogP contribution in [0.3, 0.4) is 0 Å². The maximum Gasteiger partial charge on any atom is 0.259 e. The van der Waals surface area contributed by atoms with Gasteiger partial charge in [0.25, 0.3) is 11.6 Å². The standard InChI is InChI=1S/C23H19N5O2S/c1-14-7-8-20(31-14)19-12-18(21-15(2)27-30-23(21)26-19)22(29)25-17-6-3-5-16(11-17)13-28-10-4-9-24-28/h3-12H,13H2,1-2H3,(H,25,29). The van der Waals surface area contributed by atoms with Crippen LogP contribution in [0.25, 0.3) is 21.7 Å². The number of nitrogens with zero attached hydrogens (tertiary/aromatic N) is 4. The predicted octanol–water partition coefficient (Wildman–Crippen LogP) is 5.07. The Morgan fingerprint density at radius 3 is 2.84 bits per heavy atom. The summed E-state index contributed by atoms with van der Waals surface area (Å²) in [5.41, 5.74) is 3.92. The molecular weight excluding hydrogens is 410 g/mol. The van der Waals surface area contributed by atoms with Crippen molar-refractivity contribution in [2.45, 2.75) is 20.4 Å². The Morgan fingerprint density at radius 2 is 2.06 bits per heavy atom. The lowest BCUT2D eigenvalue weighted by atomic mass is 10.1. The summed E-state index contributed by atoms with van der Waals surface area (Å²) in [5.74, 6) is -0.232. The van der Waals surface area contributed by atoms with Gasteiger partial charge >= 0.3 is 0 Å². The molecule has 0 bridgehead atoms. The summed E-state index contributed by atoms with van der Waals surface area (Å²) in [6.45, 7) is 4.47. The molecular formula is C23H19N5O2S. The molecule has 0 saturated carbocycles. The molecule has 5 rings (SSSR count). The number of nitrogens with one attached hydrogen (secondary N) is 1. The zero-order valence-corrected chi connectivity index (χ0v) is 17.8. The van der Waals surface area contributed by atoms with Crippen LogP contribution in [0.5, 0.6) is 0 Å². The number of anilines is 1. The first-order valence-electron chi connectivity index (χ1n) is 9.78. The maximum atomic E-state index is 13.3. The second-order valence-electron chi connectivity index (χ2n) is 7.27. The van der Waals surface area contributed by atoms with Crippen LogP contribution >= 0.6 is 11.3 Å². The van der Waals surface area contributed by atoms with Crippen molar-refractivity contribution in [3.05, 3.63) is 82.6 Å². The maximum absolute atomic E-state index is 13.3. The number of amides is 1. The van der Waals surface area contributed by atoms with Crippen LogP contribution in [0.4, 0.5) is 5.69 Å². The van der Waals surface area contributed by atoms with Crippen molar-refractivity contribution in [1.82, 2.24) is 19.9 Å². The van der Waals surface area contributed by atoms with E-state index in [4.69, 9.17) is 4.52 Å². The van der Waals surface area contributed by atoms with Gasteiger partial charge in [-0.2, -0.15) is 5.10 Å². The highest BCUT2D eigenvalue weighted by molar-refractivity contribution is 7.15. The summed E-state index contributed by atoms with van der Waals surface area (Å²) in [6.07, 6.45) is 3.65. The SMILES string of the molecule is Cc1ccc(-c2cc(C(=O)Nc3cccc(Cn4cccn4)c3)c3c(C)noc3n2)s1. The number of carbonyl (C=O) groups is 1. The average Bonchev–Trinajstić information content (AvgIpc) is 3.50. The first-order valence-corrected chi connectivity index (χ1v) is 10.6. The number of hydrogen-bond donors (Lipinski definition) is 1. The van der Waals surface area contributed by atoms with E-state index < -0.39 is 0 Å². The highest BCUT2D eigenvalue weighted by Crippen LogP contribution is 2.31. The normalized spacial score (nSPS) is 11.2. The molecule has 0 aliphatic carbocycles. The van der Waals surface area contributed by atoms with Crippen molar-refractivity contribution >= 4 is 34.0 Å². The Morgan fingerprint density at radius 1 is 1.16 bits per heavy atom. The second kappa shape index (κ2) is 7.81. The number of fused-ring (bicyclic) bond motifs is 1. The van der Waals surface area contributed by atoms with Gasteiger partial charge in [0, 0.05) is 23.0 Å². The van der Waals surface area contributed by atoms with Crippen molar-refractivity contribution in [2.24, 2.45) is 0 Å². The van der Waals surface area contributed by atoms with E-state index >= 15 is 0 Å². The molecule has 0 atom stereocenters.